The lowest BCUT2D eigenvalue weighted by Gasteiger charge is -2.37. The van der Waals surface area contributed by atoms with Crippen LogP contribution >= 0.6 is 0 Å². The summed E-state index contributed by atoms with van der Waals surface area (Å²) in [7, 11) is 0. The Morgan fingerprint density at radius 3 is 2.40 bits per heavy atom. The summed E-state index contributed by atoms with van der Waals surface area (Å²) in [4.78, 5) is 15.1. The van der Waals surface area contributed by atoms with Crippen LogP contribution in [0.5, 0.6) is 0 Å². The fourth-order valence-electron chi connectivity index (χ4n) is 3.30. The van der Waals surface area contributed by atoms with E-state index in [1.165, 1.54) is 12.8 Å². The van der Waals surface area contributed by atoms with Crippen molar-refractivity contribution in [2.75, 3.05) is 13.1 Å². The molecule has 0 aromatic carbocycles. The number of carbonyl (C=O) groups excluding carboxylic acids is 1. The van der Waals surface area contributed by atoms with Crippen LogP contribution in [-0.4, -0.2) is 36.0 Å². The first-order chi connectivity index (χ1) is 9.53. The first-order valence-electron chi connectivity index (χ1n) is 8.57. The molecule has 1 saturated heterocycles. The predicted molar refractivity (Wildman–Crippen MR) is 85.7 cm³/mol. The number of hydrogen-bond donors (Lipinski definition) is 1. The maximum absolute atomic E-state index is 12.9. The summed E-state index contributed by atoms with van der Waals surface area (Å²) >= 11 is 0. The molecule has 2 atom stereocenters. The SMILES string of the molecule is CCC1CCNC(C(=O)N(CC(C)C)C(CC)CC)C1. The van der Waals surface area contributed by atoms with Gasteiger partial charge in [0, 0.05) is 12.6 Å². The summed E-state index contributed by atoms with van der Waals surface area (Å²) < 4.78 is 0. The molecule has 0 saturated carbocycles. The van der Waals surface area contributed by atoms with E-state index in [0.29, 0.717) is 23.8 Å². The van der Waals surface area contributed by atoms with Crippen molar-refractivity contribution in [2.24, 2.45) is 11.8 Å². The van der Waals surface area contributed by atoms with Crippen molar-refractivity contribution in [3.63, 3.8) is 0 Å². The molecule has 3 nitrogen and oxygen atoms in total. The van der Waals surface area contributed by atoms with E-state index in [-0.39, 0.29) is 6.04 Å². The fraction of sp³-hybridized carbons (Fsp3) is 0.941. The minimum atomic E-state index is 0.0491. The number of nitrogens with one attached hydrogen (secondary N) is 1. The number of amides is 1. The van der Waals surface area contributed by atoms with Gasteiger partial charge in [-0.15, -0.1) is 0 Å². The summed E-state index contributed by atoms with van der Waals surface area (Å²) in [6.45, 7) is 12.9. The molecule has 1 aliphatic heterocycles. The number of hydrogen-bond acceptors (Lipinski definition) is 2. The predicted octanol–water partition coefficient (Wildman–Crippen LogP) is 3.44. The van der Waals surface area contributed by atoms with E-state index in [2.05, 4.69) is 44.8 Å². The summed E-state index contributed by atoms with van der Waals surface area (Å²) in [5, 5.41) is 3.45. The molecule has 1 aliphatic rings. The zero-order valence-electron chi connectivity index (χ0n) is 14.1. The van der Waals surface area contributed by atoms with Gasteiger partial charge < -0.3 is 10.2 Å². The minimum Gasteiger partial charge on any atom is -0.338 e. The summed E-state index contributed by atoms with van der Waals surface area (Å²) in [5.41, 5.74) is 0. The normalized spacial score (nSPS) is 23.4. The molecular weight excluding hydrogens is 248 g/mol. The molecule has 1 fully saturated rings. The zero-order valence-corrected chi connectivity index (χ0v) is 14.1. The van der Waals surface area contributed by atoms with Crippen molar-refractivity contribution in [3.8, 4) is 0 Å². The largest absolute Gasteiger partial charge is 0.338 e. The zero-order chi connectivity index (χ0) is 15.1. The monoisotopic (exact) mass is 282 g/mol. The third kappa shape index (κ3) is 4.76. The molecule has 0 radical (unpaired) electrons. The molecule has 0 spiro atoms. The second-order valence-electron chi connectivity index (χ2n) is 6.66. The van der Waals surface area contributed by atoms with Gasteiger partial charge in [-0.05, 0) is 44.1 Å². The lowest BCUT2D eigenvalue weighted by Crippen LogP contribution is -2.53. The Balaban J connectivity index is 2.75. The average molecular weight is 282 g/mol. The van der Waals surface area contributed by atoms with Gasteiger partial charge in [0.15, 0.2) is 0 Å². The van der Waals surface area contributed by atoms with Gasteiger partial charge in [0.2, 0.25) is 5.91 Å². The van der Waals surface area contributed by atoms with Gasteiger partial charge in [-0.1, -0.05) is 41.0 Å². The first kappa shape index (κ1) is 17.5. The second-order valence-corrected chi connectivity index (χ2v) is 6.66. The second kappa shape index (κ2) is 8.66. The number of carbonyl (C=O) groups is 1. The van der Waals surface area contributed by atoms with Crippen LogP contribution in [0.15, 0.2) is 0 Å². The van der Waals surface area contributed by atoms with Crippen molar-refractivity contribution in [3.05, 3.63) is 0 Å². The van der Waals surface area contributed by atoms with Gasteiger partial charge in [0.05, 0.1) is 6.04 Å². The van der Waals surface area contributed by atoms with Crippen molar-refractivity contribution in [1.82, 2.24) is 10.2 Å². The molecule has 0 bridgehead atoms. The molecule has 20 heavy (non-hydrogen) atoms. The standard InChI is InChI=1S/C17H34N2O/c1-6-14-9-10-18-16(11-14)17(20)19(12-13(4)5)15(7-2)8-3/h13-16,18H,6-12H2,1-5H3. The molecular formula is C17H34N2O. The molecule has 1 N–H and O–H groups in total. The molecule has 3 heteroatoms. The van der Waals surface area contributed by atoms with Crippen LogP contribution in [0.25, 0.3) is 0 Å². The Morgan fingerprint density at radius 2 is 1.90 bits per heavy atom. The van der Waals surface area contributed by atoms with Gasteiger partial charge in [-0.25, -0.2) is 0 Å². The summed E-state index contributed by atoms with van der Waals surface area (Å²) in [6, 6.07) is 0.446. The number of piperidine rings is 1. The lowest BCUT2D eigenvalue weighted by molar-refractivity contribution is -0.137. The van der Waals surface area contributed by atoms with E-state index in [9.17, 15) is 4.79 Å². The highest BCUT2D eigenvalue weighted by molar-refractivity contribution is 5.82. The number of rotatable bonds is 7. The fourth-order valence-corrected chi connectivity index (χ4v) is 3.30. The molecule has 2 unspecified atom stereocenters. The van der Waals surface area contributed by atoms with Crippen LogP contribution < -0.4 is 5.32 Å². The maximum atomic E-state index is 12.9. The number of nitrogens with zero attached hydrogens (tertiary/aromatic N) is 1. The van der Waals surface area contributed by atoms with Crippen LogP contribution in [0.3, 0.4) is 0 Å². The Kier molecular flexibility index (Phi) is 7.57. The van der Waals surface area contributed by atoms with Crippen molar-refractivity contribution in [1.29, 1.82) is 0 Å². The molecule has 1 heterocycles. The Morgan fingerprint density at radius 1 is 1.25 bits per heavy atom. The van der Waals surface area contributed by atoms with E-state index in [0.717, 1.165) is 32.4 Å². The van der Waals surface area contributed by atoms with Gasteiger partial charge in [0.25, 0.3) is 0 Å². The third-order valence-corrected chi connectivity index (χ3v) is 4.62. The first-order valence-corrected chi connectivity index (χ1v) is 8.57. The maximum Gasteiger partial charge on any atom is 0.239 e. The smallest absolute Gasteiger partial charge is 0.239 e. The van der Waals surface area contributed by atoms with E-state index in [1.807, 2.05) is 0 Å². The van der Waals surface area contributed by atoms with Gasteiger partial charge >= 0.3 is 0 Å². The van der Waals surface area contributed by atoms with Gasteiger partial charge in [-0.3, -0.25) is 4.79 Å². The molecule has 1 amide bonds. The highest BCUT2D eigenvalue weighted by atomic mass is 16.2. The summed E-state index contributed by atoms with van der Waals surface area (Å²) in [6.07, 6.45) is 5.54. The third-order valence-electron chi connectivity index (χ3n) is 4.62. The van der Waals surface area contributed by atoms with E-state index in [4.69, 9.17) is 0 Å². The highest BCUT2D eigenvalue weighted by Crippen LogP contribution is 2.22. The quantitative estimate of drug-likeness (QED) is 0.776. The van der Waals surface area contributed by atoms with Crippen molar-refractivity contribution >= 4 is 5.91 Å². The van der Waals surface area contributed by atoms with Crippen molar-refractivity contribution < 1.29 is 4.79 Å². The Labute approximate surface area is 125 Å². The molecule has 0 aromatic heterocycles. The Bertz CT molecular complexity index is 287. The lowest BCUT2D eigenvalue weighted by atomic mass is 9.89. The summed E-state index contributed by atoms with van der Waals surface area (Å²) in [5.74, 6) is 1.59. The van der Waals surface area contributed by atoms with Crippen LogP contribution in [0.1, 0.15) is 66.7 Å². The van der Waals surface area contributed by atoms with Crippen LogP contribution in [0.2, 0.25) is 0 Å². The van der Waals surface area contributed by atoms with Crippen LogP contribution in [0, 0.1) is 11.8 Å². The Hall–Kier alpha value is -0.570. The van der Waals surface area contributed by atoms with E-state index < -0.39 is 0 Å². The van der Waals surface area contributed by atoms with Crippen LogP contribution in [-0.2, 0) is 4.79 Å². The molecule has 0 aliphatic carbocycles. The van der Waals surface area contributed by atoms with E-state index >= 15 is 0 Å². The molecule has 118 valence electrons. The molecule has 1 rings (SSSR count). The highest BCUT2D eigenvalue weighted by Gasteiger charge is 2.31. The van der Waals surface area contributed by atoms with E-state index in [1.54, 1.807) is 0 Å². The minimum absolute atomic E-state index is 0.0491. The topological polar surface area (TPSA) is 32.3 Å². The van der Waals surface area contributed by atoms with Gasteiger partial charge in [-0.2, -0.15) is 0 Å². The average Bonchev–Trinajstić information content (AvgIpc) is 2.46. The van der Waals surface area contributed by atoms with Gasteiger partial charge in [0.1, 0.15) is 0 Å². The molecule has 0 aromatic rings. The van der Waals surface area contributed by atoms with Crippen molar-refractivity contribution in [2.45, 2.75) is 78.8 Å². The van der Waals surface area contributed by atoms with Crippen LogP contribution in [0.4, 0.5) is 0 Å².